The summed E-state index contributed by atoms with van der Waals surface area (Å²) < 4.78 is 28.4. The van der Waals surface area contributed by atoms with Gasteiger partial charge >= 0.3 is 5.97 Å². The second-order valence-electron chi connectivity index (χ2n) is 4.82. The third-order valence-corrected chi connectivity index (χ3v) is 4.58. The van der Waals surface area contributed by atoms with E-state index in [1.54, 1.807) is 11.5 Å². The first-order valence-electron chi connectivity index (χ1n) is 7.11. The fourth-order valence-corrected chi connectivity index (χ4v) is 2.95. The molecule has 0 radical (unpaired) electrons. The summed E-state index contributed by atoms with van der Waals surface area (Å²) in [4.78, 5) is 19.1. The maximum absolute atomic E-state index is 12.2. The van der Waals surface area contributed by atoms with Crippen LogP contribution in [0.4, 0.5) is 0 Å². The second-order valence-corrected chi connectivity index (χ2v) is 6.54. The van der Waals surface area contributed by atoms with Gasteiger partial charge in [0.2, 0.25) is 0 Å². The number of hydrogen-bond donors (Lipinski definition) is 2. The Labute approximate surface area is 134 Å². The van der Waals surface area contributed by atoms with E-state index in [2.05, 4.69) is 14.7 Å². The number of carboxylic acids is 1. The molecular weight excluding hydrogens is 320 g/mol. The van der Waals surface area contributed by atoms with Gasteiger partial charge in [-0.3, -0.25) is 4.98 Å². The zero-order valence-electron chi connectivity index (χ0n) is 12.9. The molecule has 0 unspecified atom stereocenters. The molecule has 124 valence electrons. The molecule has 0 aliphatic carbocycles. The van der Waals surface area contributed by atoms with Crippen LogP contribution in [0.25, 0.3) is 0 Å². The number of carboxylic acid groups (broad SMARTS) is 1. The van der Waals surface area contributed by atoms with E-state index in [9.17, 15) is 13.2 Å². The van der Waals surface area contributed by atoms with Crippen molar-refractivity contribution in [2.75, 3.05) is 0 Å². The van der Waals surface area contributed by atoms with Gasteiger partial charge in [-0.1, -0.05) is 6.92 Å². The highest BCUT2D eigenvalue weighted by atomic mass is 32.2. The van der Waals surface area contributed by atoms with Crippen molar-refractivity contribution < 1.29 is 18.3 Å². The Bertz CT molecular complexity index is 814. The van der Waals surface area contributed by atoms with Crippen LogP contribution in [0.5, 0.6) is 0 Å². The largest absolute Gasteiger partial charge is 0.478 e. The molecule has 0 aliphatic rings. The number of nitrogens with zero attached hydrogens (tertiary/aromatic N) is 3. The molecule has 0 spiro atoms. The minimum Gasteiger partial charge on any atom is -0.478 e. The van der Waals surface area contributed by atoms with Crippen LogP contribution < -0.4 is 4.72 Å². The molecular formula is C14H18N4O4S. The van der Waals surface area contributed by atoms with Crippen molar-refractivity contribution in [3.05, 3.63) is 41.6 Å². The van der Waals surface area contributed by atoms with Gasteiger partial charge in [-0.2, -0.15) is 0 Å². The van der Waals surface area contributed by atoms with E-state index >= 15 is 0 Å². The van der Waals surface area contributed by atoms with Gasteiger partial charge in [-0.25, -0.2) is 22.9 Å². The summed E-state index contributed by atoms with van der Waals surface area (Å²) in [6.07, 6.45) is 3.34. The fourth-order valence-electron chi connectivity index (χ4n) is 2.00. The second kappa shape index (κ2) is 6.88. The molecule has 0 aromatic carbocycles. The molecule has 0 bridgehead atoms. The van der Waals surface area contributed by atoms with E-state index in [-0.39, 0.29) is 17.1 Å². The van der Waals surface area contributed by atoms with Crippen LogP contribution >= 0.6 is 0 Å². The number of imidazole rings is 1. The predicted molar refractivity (Wildman–Crippen MR) is 82.5 cm³/mol. The van der Waals surface area contributed by atoms with Crippen LogP contribution in [-0.2, 0) is 29.5 Å². The highest BCUT2D eigenvalue weighted by Gasteiger charge is 2.18. The Kier molecular flexibility index (Phi) is 5.12. The Morgan fingerprint density at radius 1 is 1.35 bits per heavy atom. The monoisotopic (exact) mass is 338 g/mol. The minimum atomic E-state index is -3.73. The number of carbonyl (C=O) groups is 1. The third-order valence-electron chi connectivity index (χ3n) is 3.29. The van der Waals surface area contributed by atoms with Crippen molar-refractivity contribution in [1.82, 2.24) is 19.3 Å². The van der Waals surface area contributed by atoms with Gasteiger partial charge in [0.05, 0.1) is 29.8 Å². The smallest absolute Gasteiger partial charge is 0.337 e. The normalized spacial score (nSPS) is 11.6. The number of nitrogens with one attached hydrogen (secondary N) is 1. The number of sulfonamides is 1. The minimum absolute atomic E-state index is 0.0335. The van der Waals surface area contributed by atoms with Crippen LogP contribution in [0.3, 0.4) is 0 Å². The van der Waals surface area contributed by atoms with Gasteiger partial charge in [-0.15, -0.1) is 0 Å². The summed E-state index contributed by atoms with van der Waals surface area (Å²) in [5.41, 5.74) is 0.996. The summed E-state index contributed by atoms with van der Waals surface area (Å²) in [6, 6.07) is 2.93. The lowest BCUT2D eigenvalue weighted by atomic mass is 10.1. The Balaban J connectivity index is 2.15. The van der Waals surface area contributed by atoms with E-state index in [0.29, 0.717) is 24.4 Å². The molecule has 2 N–H and O–H groups in total. The van der Waals surface area contributed by atoms with Gasteiger partial charge in [0, 0.05) is 12.7 Å². The van der Waals surface area contributed by atoms with Crippen molar-refractivity contribution in [3.63, 3.8) is 0 Å². The van der Waals surface area contributed by atoms with Crippen LogP contribution in [0, 0.1) is 0 Å². The first-order valence-corrected chi connectivity index (χ1v) is 8.59. The molecule has 0 aliphatic heterocycles. The van der Waals surface area contributed by atoms with Crippen LogP contribution in [0.15, 0.2) is 29.7 Å². The van der Waals surface area contributed by atoms with Gasteiger partial charge in [0.15, 0.2) is 5.03 Å². The topological polar surface area (TPSA) is 114 Å². The number of aryl methyl sites for hydroxylation is 2. The third kappa shape index (κ3) is 3.93. The summed E-state index contributed by atoms with van der Waals surface area (Å²) in [7, 11) is -3.73. The average Bonchev–Trinajstić information content (AvgIpc) is 3.02. The van der Waals surface area contributed by atoms with E-state index in [1.807, 2.05) is 6.92 Å². The highest BCUT2D eigenvalue weighted by molar-refractivity contribution is 7.89. The van der Waals surface area contributed by atoms with E-state index in [4.69, 9.17) is 5.11 Å². The fraction of sp³-hybridized carbons (Fsp3) is 0.357. The SMILES string of the molecule is CCc1nc(CNS(=O)(=O)c2cn(CC)cn2)ccc1C(=O)O. The summed E-state index contributed by atoms with van der Waals surface area (Å²) in [5, 5.41) is 9.00. The van der Waals surface area contributed by atoms with Crippen molar-refractivity contribution in [2.24, 2.45) is 0 Å². The summed E-state index contributed by atoms with van der Waals surface area (Å²) in [6.45, 7) is 4.26. The molecule has 2 aromatic heterocycles. The Hall–Kier alpha value is -2.26. The lowest BCUT2D eigenvalue weighted by molar-refractivity contribution is 0.0695. The average molecular weight is 338 g/mol. The molecule has 0 fully saturated rings. The number of pyridine rings is 1. The van der Waals surface area contributed by atoms with Gasteiger partial charge in [0.25, 0.3) is 10.0 Å². The lowest BCUT2D eigenvalue weighted by Crippen LogP contribution is -2.24. The predicted octanol–water partition coefficient (Wildman–Crippen LogP) is 1.04. The van der Waals surface area contributed by atoms with Crippen molar-refractivity contribution >= 4 is 16.0 Å². The standard InChI is InChI=1S/C14H18N4O4S/c1-3-12-11(14(19)20)6-5-10(17-12)7-16-23(21,22)13-8-18(4-2)9-15-13/h5-6,8-9,16H,3-4,7H2,1-2H3,(H,19,20). The van der Waals surface area contributed by atoms with Crippen molar-refractivity contribution in [2.45, 2.75) is 38.4 Å². The van der Waals surface area contributed by atoms with Crippen LogP contribution in [-0.4, -0.2) is 34.0 Å². The van der Waals surface area contributed by atoms with Gasteiger partial charge < -0.3 is 9.67 Å². The lowest BCUT2D eigenvalue weighted by Gasteiger charge is -2.07. The van der Waals surface area contributed by atoms with Crippen LogP contribution in [0.1, 0.15) is 35.6 Å². The maximum Gasteiger partial charge on any atom is 0.337 e. The number of rotatable bonds is 7. The van der Waals surface area contributed by atoms with Gasteiger partial charge in [0.1, 0.15) is 0 Å². The highest BCUT2D eigenvalue weighted by Crippen LogP contribution is 2.11. The molecule has 2 heterocycles. The Morgan fingerprint density at radius 2 is 2.09 bits per heavy atom. The number of aromatic carboxylic acids is 1. The van der Waals surface area contributed by atoms with Crippen molar-refractivity contribution in [1.29, 1.82) is 0 Å². The summed E-state index contributed by atoms with van der Waals surface area (Å²) >= 11 is 0. The molecule has 9 heteroatoms. The van der Waals surface area contributed by atoms with E-state index < -0.39 is 16.0 Å². The molecule has 2 rings (SSSR count). The molecule has 0 atom stereocenters. The Morgan fingerprint density at radius 3 is 2.65 bits per heavy atom. The molecule has 23 heavy (non-hydrogen) atoms. The molecule has 2 aromatic rings. The van der Waals surface area contributed by atoms with E-state index in [1.165, 1.54) is 24.7 Å². The van der Waals surface area contributed by atoms with Gasteiger partial charge in [-0.05, 0) is 25.5 Å². The van der Waals surface area contributed by atoms with E-state index in [0.717, 1.165) is 0 Å². The zero-order valence-corrected chi connectivity index (χ0v) is 13.7. The molecule has 0 saturated carbocycles. The first-order chi connectivity index (χ1) is 10.9. The zero-order chi connectivity index (χ0) is 17.0. The quantitative estimate of drug-likeness (QED) is 0.779. The van der Waals surface area contributed by atoms with Crippen LogP contribution in [0.2, 0.25) is 0 Å². The maximum atomic E-state index is 12.2. The van der Waals surface area contributed by atoms with Crippen molar-refractivity contribution in [3.8, 4) is 0 Å². The molecule has 0 saturated heterocycles. The number of hydrogen-bond acceptors (Lipinski definition) is 5. The first kappa shape index (κ1) is 17.1. The molecule has 0 amide bonds. The molecule has 8 nitrogen and oxygen atoms in total. The number of aromatic nitrogens is 3. The summed E-state index contributed by atoms with van der Waals surface area (Å²) in [5.74, 6) is -1.05.